The molecule has 3 aromatic rings. The molecule has 0 aliphatic rings. The molecular formula is C16H12N4O3. The highest BCUT2D eigenvalue weighted by Crippen LogP contribution is 2.14. The summed E-state index contributed by atoms with van der Waals surface area (Å²) >= 11 is 0. The van der Waals surface area contributed by atoms with Crippen molar-refractivity contribution in [1.29, 1.82) is 0 Å². The monoisotopic (exact) mass is 308 g/mol. The molecule has 0 atom stereocenters. The van der Waals surface area contributed by atoms with Gasteiger partial charge in [0.15, 0.2) is 0 Å². The normalized spacial score (nSPS) is 11.1. The van der Waals surface area contributed by atoms with E-state index in [2.05, 4.69) is 4.99 Å². The third-order valence-electron chi connectivity index (χ3n) is 3.32. The fraction of sp³-hybridized carbons (Fsp3) is 0. The van der Waals surface area contributed by atoms with Gasteiger partial charge in [-0.05, 0) is 30.3 Å². The Balaban J connectivity index is 1.99. The Kier molecular flexibility index (Phi) is 3.60. The number of amides is 1. The first kappa shape index (κ1) is 14.5. The van der Waals surface area contributed by atoms with Gasteiger partial charge in [0.25, 0.3) is 11.7 Å². The molecule has 2 N–H and O–H groups in total. The van der Waals surface area contributed by atoms with Crippen molar-refractivity contribution in [2.75, 3.05) is 0 Å². The first-order chi connectivity index (χ1) is 11.1. The lowest BCUT2D eigenvalue weighted by Gasteiger charge is -2.13. The molecule has 0 aliphatic heterocycles. The number of nitrogens with two attached hydrogens (primary N) is 1. The number of hydrogen-bond donors (Lipinski definition) is 1. The lowest BCUT2D eigenvalue weighted by molar-refractivity contribution is -0.464. The van der Waals surface area contributed by atoms with Gasteiger partial charge in [0, 0.05) is 16.5 Å². The van der Waals surface area contributed by atoms with Gasteiger partial charge in [-0.1, -0.05) is 12.1 Å². The first-order valence-corrected chi connectivity index (χ1v) is 6.74. The molecule has 0 radical (unpaired) electrons. The molecule has 0 spiro atoms. The van der Waals surface area contributed by atoms with E-state index < -0.39 is 5.91 Å². The molecule has 0 unspecified atom stereocenters. The molecule has 1 heterocycles. The Morgan fingerprint density at radius 2 is 1.87 bits per heavy atom. The number of benzene rings is 2. The molecule has 0 fully saturated rings. The SMILES string of the molecule is NC(=O)c1ccc(N=Cc2c[n+](=O)c3ccccc3n2[O-])cc1. The summed E-state index contributed by atoms with van der Waals surface area (Å²) in [5, 5.41) is 12.3. The Bertz CT molecular complexity index is 975. The molecule has 0 saturated heterocycles. The topological polar surface area (TPSA) is 106 Å². The summed E-state index contributed by atoms with van der Waals surface area (Å²) < 4.78 is 1.27. The minimum atomic E-state index is -0.528. The van der Waals surface area contributed by atoms with Crippen molar-refractivity contribution >= 4 is 28.8 Å². The zero-order valence-corrected chi connectivity index (χ0v) is 11.9. The fourth-order valence-electron chi connectivity index (χ4n) is 2.14. The second kappa shape index (κ2) is 5.72. The van der Waals surface area contributed by atoms with E-state index in [0.29, 0.717) is 20.4 Å². The number of fused-ring (bicyclic) bond motifs is 1. The number of primary amides is 1. The summed E-state index contributed by atoms with van der Waals surface area (Å²) in [5.41, 5.74) is 6.71. The van der Waals surface area contributed by atoms with Crippen LogP contribution in [0.5, 0.6) is 0 Å². The summed E-state index contributed by atoms with van der Waals surface area (Å²) in [6.45, 7) is 0. The van der Waals surface area contributed by atoms with Crippen molar-refractivity contribution in [2.45, 2.75) is 0 Å². The van der Waals surface area contributed by atoms with Gasteiger partial charge in [0.05, 0.1) is 16.3 Å². The van der Waals surface area contributed by atoms with E-state index in [4.69, 9.17) is 5.73 Å². The van der Waals surface area contributed by atoms with Gasteiger partial charge in [-0.15, -0.1) is 0 Å². The van der Waals surface area contributed by atoms with E-state index in [1.807, 2.05) is 0 Å². The number of aliphatic imine (C=N–C) groups is 1. The van der Waals surface area contributed by atoms with Crippen molar-refractivity contribution in [3.05, 3.63) is 76.1 Å². The standard InChI is InChI=1S/C16H12N4O3/c17-16(21)11-5-7-12(8-6-11)18-9-13-10-19(22)14-3-1-2-4-15(14)20(13)23/h1-10H,(H2,17,21). The molecular weight excluding hydrogens is 296 g/mol. The van der Waals surface area contributed by atoms with Gasteiger partial charge in [-0.25, -0.2) is 0 Å². The van der Waals surface area contributed by atoms with Crippen molar-refractivity contribution in [3.63, 3.8) is 0 Å². The first-order valence-electron chi connectivity index (χ1n) is 6.74. The maximum atomic E-state index is 12.3. The summed E-state index contributed by atoms with van der Waals surface area (Å²) in [7, 11) is 0. The Hall–Kier alpha value is -3.48. The van der Waals surface area contributed by atoms with Crippen LogP contribution in [0.2, 0.25) is 0 Å². The molecule has 23 heavy (non-hydrogen) atoms. The van der Waals surface area contributed by atoms with Crippen LogP contribution in [0.25, 0.3) is 11.0 Å². The summed E-state index contributed by atoms with van der Waals surface area (Å²) in [6.07, 6.45) is 2.46. The van der Waals surface area contributed by atoms with Crippen LogP contribution in [-0.4, -0.2) is 16.9 Å². The number of para-hydroxylation sites is 2. The van der Waals surface area contributed by atoms with E-state index in [1.54, 1.807) is 36.4 Å². The third-order valence-corrected chi connectivity index (χ3v) is 3.32. The van der Waals surface area contributed by atoms with Crippen LogP contribution >= 0.6 is 0 Å². The fourth-order valence-corrected chi connectivity index (χ4v) is 2.14. The molecule has 0 saturated carbocycles. The predicted molar refractivity (Wildman–Crippen MR) is 86.3 cm³/mol. The number of carbonyl (C=O) groups is 1. The predicted octanol–water partition coefficient (Wildman–Crippen LogP) is 1.75. The van der Waals surface area contributed by atoms with Crippen molar-refractivity contribution in [1.82, 2.24) is 4.73 Å². The third kappa shape index (κ3) is 2.80. The van der Waals surface area contributed by atoms with Crippen LogP contribution in [0, 0.1) is 10.1 Å². The molecule has 2 aromatic carbocycles. The van der Waals surface area contributed by atoms with E-state index in [0.717, 1.165) is 6.20 Å². The number of nitrogens with zero attached hydrogens (tertiary/aromatic N) is 3. The summed E-state index contributed by atoms with van der Waals surface area (Å²) in [4.78, 5) is 27.1. The van der Waals surface area contributed by atoms with E-state index >= 15 is 0 Å². The lowest BCUT2D eigenvalue weighted by Crippen LogP contribution is -2.19. The van der Waals surface area contributed by atoms with Crippen LogP contribution < -0.4 is 10.2 Å². The van der Waals surface area contributed by atoms with E-state index in [1.165, 1.54) is 18.3 Å². The zero-order chi connectivity index (χ0) is 16.4. The summed E-state index contributed by atoms with van der Waals surface area (Å²) in [5.74, 6) is -0.528. The van der Waals surface area contributed by atoms with Crippen LogP contribution in [0.4, 0.5) is 5.69 Å². The minimum absolute atomic E-state index is 0.109. The van der Waals surface area contributed by atoms with Crippen molar-refractivity contribution < 1.29 is 9.22 Å². The molecule has 7 heteroatoms. The average Bonchev–Trinajstić information content (AvgIpc) is 2.57. The second-order valence-electron chi connectivity index (χ2n) is 4.83. The quantitative estimate of drug-likeness (QED) is 0.588. The Morgan fingerprint density at radius 1 is 1.17 bits per heavy atom. The smallest absolute Gasteiger partial charge is 0.286 e. The van der Waals surface area contributed by atoms with Gasteiger partial charge < -0.3 is 15.7 Å². The highest BCUT2D eigenvalue weighted by molar-refractivity contribution is 5.93. The summed E-state index contributed by atoms with van der Waals surface area (Å²) in [6, 6.07) is 12.8. The molecule has 3 rings (SSSR count). The van der Waals surface area contributed by atoms with E-state index in [-0.39, 0.29) is 16.7 Å². The van der Waals surface area contributed by atoms with Crippen LogP contribution in [0.15, 0.2) is 59.7 Å². The highest BCUT2D eigenvalue weighted by Gasteiger charge is 2.09. The Labute approximate surface area is 130 Å². The van der Waals surface area contributed by atoms with Crippen molar-refractivity contribution in [3.8, 4) is 0 Å². The zero-order valence-electron chi connectivity index (χ0n) is 11.9. The highest BCUT2D eigenvalue weighted by atomic mass is 16.5. The molecule has 1 amide bonds. The largest absolute Gasteiger partial charge is 0.805 e. The Morgan fingerprint density at radius 3 is 2.57 bits per heavy atom. The van der Waals surface area contributed by atoms with Gasteiger partial charge in [-0.3, -0.25) is 9.79 Å². The molecule has 114 valence electrons. The molecule has 7 nitrogen and oxygen atoms in total. The van der Waals surface area contributed by atoms with Crippen molar-refractivity contribution in [2.24, 2.45) is 10.7 Å². The number of rotatable bonds is 3. The van der Waals surface area contributed by atoms with Crippen LogP contribution in [0.3, 0.4) is 0 Å². The maximum Gasteiger partial charge on any atom is 0.286 e. The van der Waals surface area contributed by atoms with Gasteiger partial charge in [0.2, 0.25) is 5.91 Å². The van der Waals surface area contributed by atoms with Gasteiger partial charge >= 0.3 is 0 Å². The molecule has 0 bridgehead atoms. The van der Waals surface area contributed by atoms with Crippen LogP contribution in [0.1, 0.15) is 16.1 Å². The number of aromatic nitrogens is 2. The number of hydrogen-bond acceptors (Lipinski definition) is 4. The lowest BCUT2D eigenvalue weighted by atomic mass is 10.2. The minimum Gasteiger partial charge on any atom is -0.805 e. The van der Waals surface area contributed by atoms with Gasteiger partial charge in [-0.2, -0.15) is 0 Å². The average molecular weight is 308 g/mol. The van der Waals surface area contributed by atoms with E-state index in [9.17, 15) is 14.9 Å². The molecule has 0 aliphatic carbocycles. The van der Waals surface area contributed by atoms with Crippen LogP contribution in [-0.2, 0) is 0 Å². The number of carbonyl (C=O) groups excluding carboxylic acids is 1. The molecule has 1 aromatic heterocycles. The second-order valence-corrected chi connectivity index (χ2v) is 4.83. The maximum absolute atomic E-state index is 12.3. The van der Waals surface area contributed by atoms with Gasteiger partial charge in [0.1, 0.15) is 11.2 Å².